The summed E-state index contributed by atoms with van der Waals surface area (Å²) in [5.74, 6) is -0.808. The summed E-state index contributed by atoms with van der Waals surface area (Å²) in [7, 11) is 0. The first-order chi connectivity index (χ1) is 17.0. The van der Waals surface area contributed by atoms with Crippen molar-refractivity contribution in [2.75, 3.05) is 11.9 Å². The van der Waals surface area contributed by atoms with Crippen LogP contribution in [0.3, 0.4) is 0 Å². The number of esters is 1. The van der Waals surface area contributed by atoms with Crippen LogP contribution in [0.5, 0.6) is 0 Å². The largest absolute Gasteiger partial charge is 0.462 e. The molecule has 35 heavy (non-hydrogen) atoms. The van der Waals surface area contributed by atoms with Gasteiger partial charge in [0.2, 0.25) is 5.91 Å². The molecule has 0 saturated heterocycles. The Bertz CT molecular complexity index is 1490. The number of halogens is 1. The number of fused-ring (bicyclic) bond motifs is 2. The quantitative estimate of drug-likeness (QED) is 0.302. The molecule has 4 aromatic rings. The molecule has 1 aromatic carbocycles. The topological polar surface area (TPSA) is 90.3 Å². The van der Waals surface area contributed by atoms with E-state index in [2.05, 4.69) is 26.2 Å². The van der Waals surface area contributed by atoms with E-state index in [1.54, 1.807) is 6.92 Å². The van der Waals surface area contributed by atoms with E-state index < -0.39 is 11.9 Å². The minimum Gasteiger partial charge on any atom is -0.462 e. The number of ether oxygens (including phenoxy) is 1. The number of benzene rings is 1. The van der Waals surface area contributed by atoms with Crippen molar-refractivity contribution < 1.29 is 14.3 Å². The second-order valence-corrected chi connectivity index (χ2v) is 11.1. The number of amides is 1. The average molecular weight is 573 g/mol. The number of carbonyl (C=O) groups is 2. The number of thiophene rings is 2. The number of hydrogen-bond acceptors (Lipinski definition) is 7. The maximum Gasteiger partial charge on any atom is 0.341 e. The van der Waals surface area contributed by atoms with Crippen molar-refractivity contribution >= 4 is 65.7 Å². The van der Waals surface area contributed by atoms with Crippen LogP contribution in [0.15, 0.2) is 45.2 Å². The van der Waals surface area contributed by atoms with Crippen LogP contribution in [0.4, 0.5) is 5.00 Å². The summed E-state index contributed by atoms with van der Waals surface area (Å²) in [6, 6.07) is 7.71. The zero-order chi connectivity index (χ0) is 24.5. The average Bonchev–Trinajstić information content (AvgIpc) is 3.43. The van der Waals surface area contributed by atoms with Gasteiger partial charge in [-0.2, -0.15) is 0 Å². The van der Waals surface area contributed by atoms with Gasteiger partial charge in [-0.1, -0.05) is 28.1 Å². The highest BCUT2D eigenvalue weighted by atomic mass is 79.9. The molecule has 1 amide bonds. The van der Waals surface area contributed by atoms with Crippen molar-refractivity contribution in [1.29, 1.82) is 0 Å². The Labute approximate surface area is 217 Å². The molecule has 0 radical (unpaired) electrons. The highest BCUT2D eigenvalue weighted by Crippen LogP contribution is 2.38. The van der Waals surface area contributed by atoms with Crippen molar-refractivity contribution in [3.8, 4) is 11.1 Å². The molecule has 3 heterocycles. The number of rotatable bonds is 6. The Balaban J connectivity index is 1.44. The molecule has 0 spiro atoms. The predicted molar refractivity (Wildman–Crippen MR) is 143 cm³/mol. The van der Waals surface area contributed by atoms with Crippen LogP contribution in [-0.2, 0) is 28.9 Å². The van der Waals surface area contributed by atoms with Gasteiger partial charge in [0.25, 0.3) is 5.56 Å². The fraction of sp³-hybridized carbons (Fsp3) is 0.280. The molecule has 10 heteroatoms. The van der Waals surface area contributed by atoms with Crippen molar-refractivity contribution in [3.63, 3.8) is 0 Å². The maximum atomic E-state index is 13.3. The van der Waals surface area contributed by atoms with Crippen molar-refractivity contribution in [2.45, 2.75) is 39.2 Å². The van der Waals surface area contributed by atoms with Crippen LogP contribution in [0.1, 0.15) is 40.6 Å². The molecule has 0 atom stereocenters. The third-order valence-electron chi connectivity index (χ3n) is 5.93. The summed E-state index contributed by atoms with van der Waals surface area (Å²) in [5.41, 5.74) is 2.85. The lowest BCUT2D eigenvalue weighted by molar-refractivity contribution is -0.116. The number of hydrogen-bond donors (Lipinski definition) is 1. The fourth-order valence-electron chi connectivity index (χ4n) is 4.32. The molecule has 5 rings (SSSR count). The summed E-state index contributed by atoms with van der Waals surface area (Å²) in [4.78, 5) is 45.1. The molecule has 1 aliphatic carbocycles. The van der Waals surface area contributed by atoms with Crippen LogP contribution < -0.4 is 10.9 Å². The first-order valence-electron chi connectivity index (χ1n) is 11.3. The van der Waals surface area contributed by atoms with Gasteiger partial charge in [-0.3, -0.25) is 14.2 Å². The van der Waals surface area contributed by atoms with Gasteiger partial charge in [-0.05, 0) is 55.9 Å². The van der Waals surface area contributed by atoms with Crippen molar-refractivity contribution in [1.82, 2.24) is 9.55 Å². The van der Waals surface area contributed by atoms with Gasteiger partial charge in [0.15, 0.2) is 0 Å². The van der Waals surface area contributed by atoms with Crippen LogP contribution in [0, 0.1) is 0 Å². The van der Waals surface area contributed by atoms with Gasteiger partial charge in [0, 0.05) is 20.3 Å². The SMILES string of the molecule is CCOC(=O)c1c(NC(=O)Cn2cnc3scc(-c4ccc(Br)cc4)c3c2=O)sc2c1CCCC2. The van der Waals surface area contributed by atoms with Gasteiger partial charge in [0.1, 0.15) is 16.4 Å². The summed E-state index contributed by atoms with van der Waals surface area (Å²) in [6.07, 6.45) is 5.15. The molecule has 1 aliphatic rings. The molecule has 1 N–H and O–H groups in total. The lowest BCUT2D eigenvalue weighted by atomic mass is 9.95. The van der Waals surface area contributed by atoms with Crippen molar-refractivity contribution in [3.05, 3.63) is 66.8 Å². The Kier molecular flexibility index (Phi) is 6.86. The molecule has 3 aromatic heterocycles. The van der Waals surface area contributed by atoms with Gasteiger partial charge in [0.05, 0.1) is 23.9 Å². The predicted octanol–water partition coefficient (Wildman–Crippen LogP) is 5.64. The van der Waals surface area contributed by atoms with E-state index in [-0.39, 0.29) is 18.7 Å². The number of nitrogens with zero attached hydrogens (tertiary/aromatic N) is 2. The minimum atomic E-state index is -0.417. The second kappa shape index (κ2) is 10.0. The van der Waals surface area contributed by atoms with Crippen LogP contribution in [0.2, 0.25) is 0 Å². The molecule has 0 fully saturated rings. The standard InChI is InChI=1S/C25H22BrN3O4S2/c1-2-33-25(32)21-16-5-3-4-6-18(16)35-23(21)28-19(30)11-29-13-27-22-20(24(29)31)17(12-34-22)14-7-9-15(26)10-8-14/h7-10,12-13H,2-6,11H2,1H3,(H,28,30). The first kappa shape index (κ1) is 23.9. The Hall–Kier alpha value is -2.82. The van der Waals surface area contributed by atoms with E-state index >= 15 is 0 Å². The van der Waals surface area contributed by atoms with Crippen molar-refractivity contribution in [2.24, 2.45) is 0 Å². The first-order valence-corrected chi connectivity index (χ1v) is 13.8. The highest BCUT2D eigenvalue weighted by Gasteiger charge is 2.27. The maximum absolute atomic E-state index is 13.3. The fourth-order valence-corrected chi connectivity index (χ4v) is 6.78. The molecular formula is C25H22BrN3O4S2. The van der Waals surface area contributed by atoms with E-state index in [1.807, 2.05) is 29.6 Å². The van der Waals surface area contributed by atoms with Crippen LogP contribution >= 0.6 is 38.6 Å². The number of carbonyl (C=O) groups excluding carboxylic acids is 2. The lowest BCUT2D eigenvalue weighted by Crippen LogP contribution is -2.28. The monoisotopic (exact) mass is 571 g/mol. The molecule has 0 aliphatic heterocycles. The molecule has 0 unspecified atom stereocenters. The Morgan fingerprint density at radius 2 is 1.97 bits per heavy atom. The normalized spacial score (nSPS) is 13.0. The molecule has 0 bridgehead atoms. The van der Waals surface area contributed by atoms with E-state index in [0.29, 0.717) is 20.8 Å². The highest BCUT2D eigenvalue weighted by molar-refractivity contribution is 9.10. The minimum absolute atomic E-state index is 0.206. The van der Waals surface area contributed by atoms with Gasteiger partial charge in [-0.25, -0.2) is 9.78 Å². The van der Waals surface area contributed by atoms with E-state index in [9.17, 15) is 14.4 Å². The summed E-state index contributed by atoms with van der Waals surface area (Å²) in [6.45, 7) is 1.82. The third kappa shape index (κ3) is 4.70. The third-order valence-corrected chi connectivity index (χ3v) is 8.56. The zero-order valence-electron chi connectivity index (χ0n) is 18.9. The Morgan fingerprint density at radius 3 is 2.74 bits per heavy atom. The van der Waals surface area contributed by atoms with E-state index in [1.165, 1.54) is 33.6 Å². The molecule has 0 saturated carbocycles. The number of aryl methyl sites for hydroxylation is 1. The number of nitrogens with one attached hydrogen (secondary N) is 1. The molecule has 180 valence electrons. The smallest absolute Gasteiger partial charge is 0.341 e. The Morgan fingerprint density at radius 1 is 1.20 bits per heavy atom. The summed E-state index contributed by atoms with van der Waals surface area (Å²) in [5, 5.41) is 5.76. The second-order valence-electron chi connectivity index (χ2n) is 8.20. The van der Waals surface area contributed by atoms with E-state index in [0.717, 1.165) is 51.7 Å². The number of aromatic nitrogens is 2. The van der Waals surface area contributed by atoms with Gasteiger partial charge >= 0.3 is 5.97 Å². The van der Waals surface area contributed by atoms with E-state index in [4.69, 9.17) is 4.74 Å². The molecular weight excluding hydrogens is 550 g/mol. The zero-order valence-corrected chi connectivity index (χ0v) is 22.1. The molecule has 7 nitrogen and oxygen atoms in total. The summed E-state index contributed by atoms with van der Waals surface area (Å²) < 4.78 is 7.52. The summed E-state index contributed by atoms with van der Waals surface area (Å²) >= 11 is 6.25. The van der Waals surface area contributed by atoms with Gasteiger partial charge < -0.3 is 10.1 Å². The van der Waals surface area contributed by atoms with Gasteiger partial charge in [-0.15, -0.1) is 22.7 Å². The van der Waals surface area contributed by atoms with Crippen LogP contribution in [0.25, 0.3) is 21.3 Å². The lowest BCUT2D eigenvalue weighted by Gasteiger charge is -2.12. The number of anilines is 1. The van der Waals surface area contributed by atoms with Crippen LogP contribution in [-0.4, -0.2) is 28.0 Å².